The summed E-state index contributed by atoms with van der Waals surface area (Å²) in [6.45, 7) is 4.48. The molecule has 3 rings (SSSR count). The first-order valence-electron chi connectivity index (χ1n) is 6.70. The number of nitrogens with two attached hydrogens (primary N) is 1. The van der Waals surface area contributed by atoms with Gasteiger partial charge in [-0.1, -0.05) is 0 Å². The second kappa shape index (κ2) is 5.61. The second-order valence-electron chi connectivity index (χ2n) is 4.80. The number of hydrazine groups is 1. The van der Waals surface area contributed by atoms with Gasteiger partial charge in [0, 0.05) is 45.1 Å². The number of fused-ring (bicyclic) bond motifs is 1. The Labute approximate surface area is 116 Å². The Hall–Kier alpha value is -1.90. The average molecular weight is 277 g/mol. The number of nitrogens with zero attached hydrogens (tertiary/aromatic N) is 5. The highest BCUT2D eigenvalue weighted by atomic mass is 16.3. The van der Waals surface area contributed by atoms with E-state index in [2.05, 4.69) is 25.2 Å². The van der Waals surface area contributed by atoms with E-state index in [1.807, 2.05) is 16.8 Å². The summed E-state index contributed by atoms with van der Waals surface area (Å²) in [6, 6.07) is 0. The van der Waals surface area contributed by atoms with Crippen molar-refractivity contribution in [2.75, 3.05) is 49.7 Å². The molecule has 8 heteroatoms. The van der Waals surface area contributed by atoms with Crippen molar-refractivity contribution < 1.29 is 5.11 Å². The maximum Gasteiger partial charge on any atom is 0.180 e. The molecule has 0 spiro atoms. The highest BCUT2D eigenvalue weighted by Crippen LogP contribution is 2.21. The Morgan fingerprint density at radius 3 is 2.80 bits per heavy atom. The fraction of sp³-hybridized carbons (Fsp3) is 0.500. The third kappa shape index (κ3) is 2.40. The molecule has 20 heavy (non-hydrogen) atoms. The standard InChI is InChI=1S/C12H19N7O/c13-16-10-9-19-2-1-14-11(19)12(15-10)18-5-3-17(4-6-18)7-8-20/h1-2,9,16,20H,3-8,13H2. The Bertz CT molecular complexity index is 576. The van der Waals surface area contributed by atoms with Crippen LogP contribution in [0.1, 0.15) is 0 Å². The summed E-state index contributed by atoms with van der Waals surface area (Å²) in [6.07, 6.45) is 5.44. The zero-order valence-electron chi connectivity index (χ0n) is 11.2. The van der Waals surface area contributed by atoms with Crippen LogP contribution in [0.3, 0.4) is 0 Å². The lowest BCUT2D eigenvalue weighted by atomic mass is 10.3. The topological polar surface area (TPSA) is 95.0 Å². The fourth-order valence-corrected chi connectivity index (χ4v) is 2.52. The van der Waals surface area contributed by atoms with Crippen LogP contribution in [0, 0.1) is 0 Å². The van der Waals surface area contributed by atoms with E-state index >= 15 is 0 Å². The molecule has 3 heterocycles. The second-order valence-corrected chi connectivity index (χ2v) is 4.80. The molecule has 4 N–H and O–H groups in total. The number of aliphatic hydroxyl groups is 1. The summed E-state index contributed by atoms with van der Waals surface area (Å²) in [5, 5.41) is 8.98. The molecule has 2 aromatic heterocycles. The fourth-order valence-electron chi connectivity index (χ4n) is 2.52. The van der Waals surface area contributed by atoms with Crippen molar-refractivity contribution >= 4 is 17.3 Å². The minimum atomic E-state index is 0.204. The Kier molecular flexibility index (Phi) is 3.68. The number of piperazine rings is 1. The zero-order chi connectivity index (χ0) is 13.9. The van der Waals surface area contributed by atoms with Crippen molar-refractivity contribution in [3.63, 3.8) is 0 Å². The molecule has 2 aromatic rings. The van der Waals surface area contributed by atoms with Crippen LogP contribution in [0.25, 0.3) is 5.65 Å². The van der Waals surface area contributed by atoms with Gasteiger partial charge in [-0.2, -0.15) is 0 Å². The molecule has 0 aromatic carbocycles. The Morgan fingerprint density at radius 1 is 1.30 bits per heavy atom. The molecule has 0 saturated carbocycles. The molecule has 0 bridgehead atoms. The molecule has 0 unspecified atom stereocenters. The minimum Gasteiger partial charge on any atom is -0.395 e. The number of rotatable bonds is 4. The first kappa shape index (κ1) is 13.1. The van der Waals surface area contributed by atoms with Gasteiger partial charge in [0.25, 0.3) is 0 Å². The van der Waals surface area contributed by atoms with Crippen LogP contribution < -0.4 is 16.2 Å². The van der Waals surface area contributed by atoms with Gasteiger partial charge < -0.3 is 19.8 Å². The lowest BCUT2D eigenvalue weighted by Crippen LogP contribution is -2.47. The Balaban J connectivity index is 1.85. The number of nitrogens with one attached hydrogen (secondary N) is 1. The molecule has 1 aliphatic heterocycles. The number of nitrogen functional groups attached to an aromatic ring is 1. The van der Waals surface area contributed by atoms with Gasteiger partial charge in [-0.15, -0.1) is 0 Å². The van der Waals surface area contributed by atoms with Crippen LogP contribution in [0.15, 0.2) is 18.6 Å². The van der Waals surface area contributed by atoms with Crippen molar-refractivity contribution in [1.82, 2.24) is 19.3 Å². The third-order valence-electron chi connectivity index (χ3n) is 3.59. The van der Waals surface area contributed by atoms with Crippen molar-refractivity contribution in [3.8, 4) is 0 Å². The number of β-amino-alcohol motifs (C(OH)–C–C–N with tert-alkyl or cyclic N) is 1. The van der Waals surface area contributed by atoms with Gasteiger partial charge in [-0.3, -0.25) is 4.90 Å². The highest BCUT2D eigenvalue weighted by molar-refractivity contribution is 5.66. The van der Waals surface area contributed by atoms with Crippen LogP contribution in [-0.4, -0.2) is 63.7 Å². The predicted octanol–water partition coefficient (Wildman–Crippen LogP) is -0.871. The van der Waals surface area contributed by atoms with Crippen molar-refractivity contribution in [2.24, 2.45) is 5.84 Å². The summed E-state index contributed by atoms with van der Waals surface area (Å²) in [7, 11) is 0. The van der Waals surface area contributed by atoms with Gasteiger partial charge in [0.1, 0.15) is 0 Å². The summed E-state index contributed by atoms with van der Waals surface area (Å²) in [5.74, 6) is 6.92. The first-order valence-corrected chi connectivity index (χ1v) is 6.70. The lowest BCUT2D eigenvalue weighted by molar-refractivity contribution is 0.188. The van der Waals surface area contributed by atoms with Crippen molar-refractivity contribution in [3.05, 3.63) is 18.6 Å². The lowest BCUT2D eigenvalue weighted by Gasteiger charge is -2.35. The van der Waals surface area contributed by atoms with Crippen LogP contribution in [0.2, 0.25) is 0 Å². The Morgan fingerprint density at radius 2 is 2.10 bits per heavy atom. The van der Waals surface area contributed by atoms with Gasteiger partial charge in [0.15, 0.2) is 17.3 Å². The number of imidazole rings is 1. The van der Waals surface area contributed by atoms with Gasteiger partial charge in [-0.25, -0.2) is 15.8 Å². The van der Waals surface area contributed by atoms with Crippen LogP contribution in [-0.2, 0) is 0 Å². The van der Waals surface area contributed by atoms with E-state index in [-0.39, 0.29) is 6.61 Å². The summed E-state index contributed by atoms with van der Waals surface area (Å²) in [4.78, 5) is 13.3. The van der Waals surface area contributed by atoms with E-state index < -0.39 is 0 Å². The first-order chi connectivity index (χ1) is 9.81. The SMILES string of the molecule is NNc1cn2ccnc2c(N2CCN(CCO)CC2)n1. The largest absolute Gasteiger partial charge is 0.395 e. The maximum absolute atomic E-state index is 8.98. The van der Waals surface area contributed by atoms with Gasteiger partial charge >= 0.3 is 0 Å². The third-order valence-corrected chi connectivity index (χ3v) is 3.59. The van der Waals surface area contributed by atoms with Crippen molar-refractivity contribution in [2.45, 2.75) is 0 Å². The number of anilines is 2. The molecular weight excluding hydrogens is 258 g/mol. The van der Waals surface area contributed by atoms with E-state index in [4.69, 9.17) is 10.9 Å². The number of aromatic nitrogens is 3. The number of hydrogen-bond acceptors (Lipinski definition) is 7. The van der Waals surface area contributed by atoms with E-state index in [1.54, 1.807) is 6.20 Å². The number of hydrogen-bond donors (Lipinski definition) is 3. The van der Waals surface area contributed by atoms with E-state index in [0.717, 1.165) is 44.2 Å². The smallest absolute Gasteiger partial charge is 0.180 e. The van der Waals surface area contributed by atoms with Crippen LogP contribution in [0.5, 0.6) is 0 Å². The normalized spacial score (nSPS) is 16.8. The summed E-state index contributed by atoms with van der Waals surface area (Å²) >= 11 is 0. The zero-order valence-corrected chi connectivity index (χ0v) is 11.2. The number of aliphatic hydroxyl groups excluding tert-OH is 1. The molecule has 1 saturated heterocycles. The van der Waals surface area contributed by atoms with Gasteiger partial charge in [0.05, 0.1) is 12.8 Å². The average Bonchev–Trinajstić information content (AvgIpc) is 2.95. The minimum absolute atomic E-state index is 0.204. The monoisotopic (exact) mass is 277 g/mol. The molecule has 0 amide bonds. The molecule has 108 valence electrons. The highest BCUT2D eigenvalue weighted by Gasteiger charge is 2.20. The summed E-state index contributed by atoms with van der Waals surface area (Å²) in [5.41, 5.74) is 3.42. The van der Waals surface area contributed by atoms with Gasteiger partial charge in [-0.05, 0) is 0 Å². The van der Waals surface area contributed by atoms with E-state index in [1.165, 1.54) is 0 Å². The molecule has 1 fully saturated rings. The summed E-state index contributed by atoms with van der Waals surface area (Å²) < 4.78 is 1.91. The van der Waals surface area contributed by atoms with Crippen molar-refractivity contribution in [1.29, 1.82) is 0 Å². The molecule has 0 aliphatic carbocycles. The van der Waals surface area contributed by atoms with Crippen LogP contribution >= 0.6 is 0 Å². The molecular formula is C12H19N7O. The molecule has 0 atom stereocenters. The maximum atomic E-state index is 8.98. The van der Waals surface area contributed by atoms with E-state index in [9.17, 15) is 0 Å². The molecule has 0 radical (unpaired) electrons. The van der Waals surface area contributed by atoms with E-state index in [0.29, 0.717) is 5.82 Å². The molecule has 1 aliphatic rings. The quantitative estimate of drug-likeness (QED) is 0.494. The van der Waals surface area contributed by atoms with Crippen LogP contribution in [0.4, 0.5) is 11.6 Å². The predicted molar refractivity (Wildman–Crippen MR) is 76.5 cm³/mol. The molecule has 8 nitrogen and oxygen atoms in total. The van der Waals surface area contributed by atoms with Gasteiger partial charge in [0.2, 0.25) is 0 Å².